The summed E-state index contributed by atoms with van der Waals surface area (Å²) in [7, 11) is 1.96. The average molecular weight is 285 g/mol. The number of thioether (sulfide) groups is 2. The molecule has 1 fully saturated rings. The second kappa shape index (κ2) is 6.87. The third-order valence-electron chi connectivity index (χ3n) is 3.44. The van der Waals surface area contributed by atoms with Crippen molar-refractivity contribution in [3.05, 3.63) is 18.0 Å². The van der Waals surface area contributed by atoms with E-state index >= 15 is 0 Å². The molecule has 3 unspecified atom stereocenters. The second-order valence-electron chi connectivity index (χ2n) is 4.88. The SMILES string of the molecule is CCC1SCCSC1C(N)CCc1cnn(C)c1. The van der Waals surface area contributed by atoms with Crippen molar-refractivity contribution in [1.82, 2.24) is 9.78 Å². The molecule has 0 radical (unpaired) electrons. The highest BCUT2D eigenvalue weighted by atomic mass is 32.2. The van der Waals surface area contributed by atoms with E-state index in [1.165, 1.54) is 23.5 Å². The molecule has 2 N–H and O–H groups in total. The molecule has 0 saturated carbocycles. The minimum Gasteiger partial charge on any atom is -0.327 e. The molecular formula is C13H23N3S2. The Balaban J connectivity index is 1.84. The number of hydrogen-bond donors (Lipinski definition) is 1. The van der Waals surface area contributed by atoms with E-state index in [1.54, 1.807) is 0 Å². The summed E-state index contributed by atoms with van der Waals surface area (Å²) in [6, 6.07) is 0.313. The molecule has 102 valence electrons. The fourth-order valence-corrected chi connectivity index (χ4v) is 5.67. The van der Waals surface area contributed by atoms with Gasteiger partial charge in [-0.15, -0.1) is 0 Å². The minimum atomic E-state index is 0.313. The summed E-state index contributed by atoms with van der Waals surface area (Å²) in [5.41, 5.74) is 7.71. The predicted molar refractivity (Wildman–Crippen MR) is 82.3 cm³/mol. The maximum Gasteiger partial charge on any atom is 0.0521 e. The molecule has 3 atom stereocenters. The van der Waals surface area contributed by atoms with Gasteiger partial charge < -0.3 is 5.73 Å². The topological polar surface area (TPSA) is 43.8 Å². The van der Waals surface area contributed by atoms with Crippen LogP contribution in [0.3, 0.4) is 0 Å². The highest BCUT2D eigenvalue weighted by Crippen LogP contribution is 2.35. The van der Waals surface area contributed by atoms with Crippen molar-refractivity contribution in [1.29, 1.82) is 0 Å². The summed E-state index contributed by atoms with van der Waals surface area (Å²) in [4.78, 5) is 0. The molecule has 0 amide bonds. The van der Waals surface area contributed by atoms with Gasteiger partial charge in [-0.1, -0.05) is 6.92 Å². The van der Waals surface area contributed by atoms with Crippen molar-refractivity contribution in [3.8, 4) is 0 Å². The molecule has 5 heteroatoms. The van der Waals surface area contributed by atoms with Gasteiger partial charge in [0.25, 0.3) is 0 Å². The maximum absolute atomic E-state index is 6.41. The van der Waals surface area contributed by atoms with E-state index in [2.05, 4.69) is 41.7 Å². The normalized spacial score (nSPS) is 26.2. The zero-order chi connectivity index (χ0) is 13.0. The Morgan fingerprint density at radius 3 is 2.94 bits per heavy atom. The van der Waals surface area contributed by atoms with Crippen molar-refractivity contribution in [2.24, 2.45) is 12.8 Å². The van der Waals surface area contributed by atoms with E-state index in [0.29, 0.717) is 11.3 Å². The van der Waals surface area contributed by atoms with Crippen LogP contribution in [0.5, 0.6) is 0 Å². The van der Waals surface area contributed by atoms with Crippen molar-refractivity contribution in [3.63, 3.8) is 0 Å². The molecule has 3 nitrogen and oxygen atoms in total. The van der Waals surface area contributed by atoms with Crippen LogP contribution in [0.25, 0.3) is 0 Å². The molecule has 2 heterocycles. The Bertz CT molecular complexity index is 367. The first-order valence-corrected chi connectivity index (χ1v) is 8.76. The highest BCUT2D eigenvalue weighted by molar-refractivity contribution is 8.07. The van der Waals surface area contributed by atoms with E-state index in [-0.39, 0.29) is 0 Å². The summed E-state index contributed by atoms with van der Waals surface area (Å²) in [5.74, 6) is 2.54. The number of aromatic nitrogens is 2. The summed E-state index contributed by atoms with van der Waals surface area (Å²) >= 11 is 4.19. The lowest BCUT2D eigenvalue weighted by Crippen LogP contribution is -2.41. The van der Waals surface area contributed by atoms with Gasteiger partial charge in [-0.3, -0.25) is 4.68 Å². The van der Waals surface area contributed by atoms with Crippen LogP contribution >= 0.6 is 23.5 Å². The van der Waals surface area contributed by atoms with Crippen LogP contribution in [0.2, 0.25) is 0 Å². The van der Waals surface area contributed by atoms with Gasteiger partial charge in [0.2, 0.25) is 0 Å². The van der Waals surface area contributed by atoms with Gasteiger partial charge >= 0.3 is 0 Å². The number of aryl methyl sites for hydroxylation is 2. The lowest BCUT2D eigenvalue weighted by Gasteiger charge is -2.34. The van der Waals surface area contributed by atoms with Gasteiger partial charge in [-0.2, -0.15) is 28.6 Å². The summed E-state index contributed by atoms with van der Waals surface area (Å²) in [6.07, 6.45) is 7.40. The number of rotatable bonds is 5. The van der Waals surface area contributed by atoms with Gasteiger partial charge in [0.05, 0.1) is 6.20 Å². The second-order valence-corrected chi connectivity index (χ2v) is 7.51. The molecule has 1 aliphatic heterocycles. The van der Waals surface area contributed by atoms with E-state index < -0.39 is 0 Å². The number of nitrogens with two attached hydrogens (primary N) is 1. The lowest BCUT2D eigenvalue weighted by atomic mass is 10.0. The van der Waals surface area contributed by atoms with Gasteiger partial charge in [-0.05, 0) is 24.8 Å². The molecule has 1 aliphatic rings. The smallest absolute Gasteiger partial charge is 0.0521 e. The minimum absolute atomic E-state index is 0.313. The number of hydrogen-bond acceptors (Lipinski definition) is 4. The first kappa shape index (κ1) is 14.3. The van der Waals surface area contributed by atoms with E-state index in [9.17, 15) is 0 Å². The zero-order valence-electron chi connectivity index (χ0n) is 11.2. The molecule has 18 heavy (non-hydrogen) atoms. The Kier molecular flexibility index (Phi) is 5.45. The van der Waals surface area contributed by atoms with Crippen LogP contribution in [0, 0.1) is 0 Å². The lowest BCUT2D eigenvalue weighted by molar-refractivity contribution is 0.561. The fraction of sp³-hybridized carbons (Fsp3) is 0.769. The molecule has 0 aliphatic carbocycles. The average Bonchev–Trinajstić information content (AvgIpc) is 2.81. The molecule has 2 rings (SSSR count). The quantitative estimate of drug-likeness (QED) is 0.901. The molecule has 0 aromatic carbocycles. The van der Waals surface area contributed by atoms with Crippen molar-refractivity contribution in [2.45, 2.75) is 42.7 Å². The zero-order valence-corrected chi connectivity index (χ0v) is 12.8. The van der Waals surface area contributed by atoms with E-state index in [0.717, 1.165) is 18.1 Å². The van der Waals surface area contributed by atoms with Crippen LogP contribution < -0.4 is 5.73 Å². The third kappa shape index (κ3) is 3.68. The Hall–Kier alpha value is -0.130. The van der Waals surface area contributed by atoms with Gasteiger partial charge in [0.1, 0.15) is 0 Å². The van der Waals surface area contributed by atoms with Crippen molar-refractivity contribution in [2.75, 3.05) is 11.5 Å². The third-order valence-corrected chi connectivity index (χ3v) is 6.87. The van der Waals surface area contributed by atoms with Crippen LogP contribution in [-0.4, -0.2) is 37.8 Å². The van der Waals surface area contributed by atoms with Gasteiger partial charge in [-0.25, -0.2) is 0 Å². The molecule has 1 saturated heterocycles. The fourth-order valence-electron chi connectivity index (χ4n) is 2.43. The van der Waals surface area contributed by atoms with Crippen LogP contribution in [0.4, 0.5) is 0 Å². The van der Waals surface area contributed by atoms with E-state index in [1.807, 2.05) is 17.9 Å². The Labute approximate surface area is 118 Å². The summed E-state index contributed by atoms with van der Waals surface area (Å²) < 4.78 is 1.86. The largest absolute Gasteiger partial charge is 0.327 e. The highest BCUT2D eigenvalue weighted by Gasteiger charge is 2.29. The van der Waals surface area contributed by atoms with Crippen molar-refractivity contribution < 1.29 is 0 Å². The van der Waals surface area contributed by atoms with Gasteiger partial charge in [0.15, 0.2) is 0 Å². The molecule has 1 aromatic rings. The molecule has 0 spiro atoms. The Morgan fingerprint density at radius 2 is 2.28 bits per heavy atom. The standard InChI is InChI=1S/C13H23N3S2/c1-3-12-13(18-7-6-17-12)11(14)5-4-10-8-15-16(2)9-10/h8-9,11-13H,3-7,14H2,1-2H3. The van der Waals surface area contributed by atoms with E-state index in [4.69, 9.17) is 5.73 Å². The summed E-state index contributed by atoms with van der Waals surface area (Å²) in [6.45, 7) is 2.28. The number of nitrogens with zero attached hydrogens (tertiary/aromatic N) is 2. The monoisotopic (exact) mass is 285 g/mol. The summed E-state index contributed by atoms with van der Waals surface area (Å²) in [5, 5.41) is 5.58. The first-order chi connectivity index (χ1) is 8.70. The Morgan fingerprint density at radius 1 is 1.50 bits per heavy atom. The van der Waals surface area contributed by atoms with Crippen LogP contribution in [0.1, 0.15) is 25.3 Å². The predicted octanol–water partition coefficient (Wildman–Crippen LogP) is 2.31. The molecule has 1 aromatic heterocycles. The van der Waals surface area contributed by atoms with Crippen LogP contribution in [-0.2, 0) is 13.5 Å². The first-order valence-electron chi connectivity index (χ1n) is 6.67. The molecule has 0 bridgehead atoms. The van der Waals surface area contributed by atoms with Crippen molar-refractivity contribution >= 4 is 23.5 Å². The van der Waals surface area contributed by atoms with Crippen LogP contribution in [0.15, 0.2) is 12.4 Å². The maximum atomic E-state index is 6.41. The van der Waals surface area contributed by atoms with Gasteiger partial charge in [0, 0.05) is 41.3 Å². The molecular weight excluding hydrogens is 262 g/mol.